The number of nitrogens with one attached hydrogen (secondary N) is 1. The van der Waals surface area contributed by atoms with E-state index in [1.165, 1.54) is 23.1 Å². The average Bonchev–Trinajstić information content (AvgIpc) is 3.31. The molecule has 1 atom stereocenters. The van der Waals surface area contributed by atoms with Gasteiger partial charge in [-0.3, -0.25) is 13.9 Å². The molecule has 196 valence electrons. The van der Waals surface area contributed by atoms with Crippen LogP contribution in [0.25, 0.3) is 0 Å². The Labute approximate surface area is 231 Å². The summed E-state index contributed by atoms with van der Waals surface area (Å²) in [4.78, 5) is 28.0. The summed E-state index contributed by atoms with van der Waals surface area (Å²) < 4.78 is 26.2. The fourth-order valence-electron chi connectivity index (χ4n) is 4.09. The molecule has 1 fully saturated rings. The van der Waals surface area contributed by atoms with E-state index in [2.05, 4.69) is 5.32 Å². The van der Waals surface area contributed by atoms with E-state index in [4.69, 9.17) is 46.4 Å². The van der Waals surface area contributed by atoms with Crippen molar-refractivity contribution >= 4 is 73.9 Å². The zero-order valence-electron chi connectivity index (χ0n) is 19.8. The van der Waals surface area contributed by atoms with E-state index in [0.29, 0.717) is 15.6 Å². The highest BCUT2D eigenvalue weighted by molar-refractivity contribution is 7.92. The first kappa shape index (κ1) is 28.9. The van der Waals surface area contributed by atoms with Crippen LogP contribution >= 0.6 is 46.4 Å². The predicted octanol–water partition coefficient (Wildman–Crippen LogP) is 5.54. The van der Waals surface area contributed by atoms with Gasteiger partial charge in [0.1, 0.15) is 12.6 Å². The third kappa shape index (κ3) is 7.19. The molecule has 0 aromatic heterocycles. The number of sulfonamides is 1. The number of rotatable bonds is 9. The summed E-state index contributed by atoms with van der Waals surface area (Å²) in [6.45, 7) is 0.975. The van der Waals surface area contributed by atoms with E-state index in [1.807, 2.05) is 0 Å². The lowest BCUT2D eigenvalue weighted by atomic mass is 10.1. The second-order valence-electron chi connectivity index (χ2n) is 8.77. The number of hydrogen-bond acceptors (Lipinski definition) is 4. The molecule has 1 aliphatic carbocycles. The number of amides is 2. The molecule has 0 bridgehead atoms. The Morgan fingerprint density at radius 3 is 2.33 bits per heavy atom. The van der Waals surface area contributed by atoms with Gasteiger partial charge in [-0.1, -0.05) is 71.4 Å². The number of carbonyl (C=O) groups is 2. The number of carbonyl (C=O) groups excluding carboxylic acids is 2. The second kappa shape index (κ2) is 12.2. The van der Waals surface area contributed by atoms with Gasteiger partial charge in [-0.2, -0.15) is 0 Å². The van der Waals surface area contributed by atoms with Gasteiger partial charge in [0.15, 0.2) is 0 Å². The summed E-state index contributed by atoms with van der Waals surface area (Å²) in [7, 11) is -3.94. The van der Waals surface area contributed by atoms with Crippen molar-refractivity contribution in [3.8, 4) is 0 Å². The molecule has 1 N–H and O–H groups in total. The Bertz CT molecular complexity index is 1240. The van der Waals surface area contributed by atoms with Crippen LogP contribution in [0.5, 0.6) is 0 Å². The third-order valence-electron chi connectivity index (χ3n) is 6.10. The van der Waals surface area contributed by atoms with E-state index in [1.54, 1.807) is 25.1 Å². The lowest BCUT2D eigenvalue weighted by Crippen LogP contribution is -2.52. The van der Waals surface area contributed by atoms with Crippen molar-refractivity contribution in [3.05, 3.63) is 62.1 Å². The summed E-state index contributed by atoms with van der Waals surface area (Å²) in [5.41, 5.74) is 0.620. The highest BCUT2D eigenvalue weighted by atomic mass is 35.5. The highest BCUT2D eigenvalue weighted by Gasteiger charge is 2.32. The third-order valence-corrected chi connectivity index (χ3v) is 8.63. The largest absolute Gasteiger partial charge is 0.352 e. The number of hydrogen-bond donors (Lipinski definition) is 1. The maximum Gasteiger partial charge on any atom is 0.244 e. The predicted molar refractivity (Wildman–Crippen MR) is 146 cm³/mol. The smallest absolute Gasteiger partial charge is 0.244 e. The molecule has 12 heteroatoms. The second-order valence-corrected chi connectivity index (χ2v) is 12.3. The molecule has 2 aromatic rings. The molecule has 0 unspecified atom stereocenters. The van der Waals surface area contributed by atoms with Crippen LogP contribution in [0, 0.1) is 0 Å². The zero-order valence-corrected chi connectivity index (χ0v) is 23.6. The molecule has 2 amide bonds. The molecule has 36 heavy (non-hydrogen) atoms. The number of anilines is 1. The van der Waals surface area contributed by atoms with Crippen LogP contribution in [0.15, 0.2) is 36.4 Å². The van der Waals surface area contributed by atoms with Crippen LogP contribution in [0.4, 0.5) is 5.69 Å². The van der Waals surface area contributed by atoms with Crippen molar-refractivity contribution in [2.24, 2.45) is 0 Å². The van der Waals surface area contributed by atoms with E-state index < -0.39 is 28.5 Å². The Morgan fingerprint density at radius 2 is 1.72 bits per heavy atom. The van der Waals surface area contributed by atoms with Gasteiger partial charge in [0.05, 0.1) is 22.0 Å². The Hall–Kier alpha value is -1.71. The summed E-state index contributed by atoms with van der Waals surface area (Å²) in [5, 5.41) is 3.88. The van der Waals surface area contributed by atoms with Gasteiger partial charge < -0.3 is 10.2 Å². The molecule has 7 nitrogen and oxygen atoms in total. The Balaban J connectivity index is 1.94. The SMILES string of the molecule is C[C@H](C(=O)NC1CCCC1)N(Cc1ccc(Cl)cc1Cl)C(=O)CN(c1cccc(Cl)c1Cl)S(C)(=O)=O. The summed E-state index contributed by atoms with van der Waals surface area (Å²) >= 11 is 24.7. The van der Waals surface area contributed by atoms with Crippen LogP contribution in [0.2, 0.25) is 20.1 Å². The average molecular weight is 595 g/mol. The number of benzene rings is 2. The molecular formula is C24H27Cl4N3O4S. The van der Waals surface area contributed by atoms with Gasteiger partial charge in [-0.05, 0) is 49.6 Å². The first-order valence-electron chi connectivity index (χ1n) is 11.3. The molecule has 0 aliphatic heterocycles. The maximum atomic E-state index is 13.6. The number of nitrogens with zero attached hydrogens (tertiary/aromatic N) is 2. The summed E-state index contributed by atoms with van der Waals surface area (Å²) in [5.74, 6) is -0.941. The van der Waals surface area contributed by atoms with E-state index in [0.717, 1.165) is 36.2 Å². The van der Waals surface area contributed by atoms with Gasteiger partial charge >= 0.3 is 0 Å². The fourth-order valence-corrected chi connectivity index (χ4v) is 5.86. The van der Waals surface area contributed by atoms with Gasteiger partial charge in [-0.25, -0.2) is 8.42 Å². The molecule has 3 rings (SSSR count). The van der Waals surface area contributed by atoms with Gasteiger partial charge in [0, 0.05) is 22.6 Å². The Kier molecular flexibility index (Phi) is 9.80. The maximum absolute atomic E-state index is 13.6. The summed E-state index contributed by atoms with van der Waals surface area (Å²) in [6, 6.07) is 8.49. The Morgan fingerprint density at radius 1 is 1.06 bits per heavy atom. The van der Waals surface area contributed by atoms with Crippen molar-refractivity contribution in [3.63, 3.8) is 0 Å². The molecule has 1 saturated carbocycles. The fraction of sp³-hybridized carbons (Fsp3) is 0.417. The highest BCUT2D eigenvalue weighted by Crippen LogP contribution is 2.34. The number of halogens is 4. The van der Waals surface area contributed by atoms with Gasteiger partial charge in [0.2, 0.25) is 21.8 Å². The molecule has 0 radical (unpaired) electrons. The van der Waals surface area contributed by atoms with Crippen molar-refractivity contribution in [2.45, 2.75) is 51.2 Å². The van der Waals surface area contributed by atoms with Crippen LogP contribution in [-0.4, -0.2) is 50.0 Å². The van der Waals surface area contributed by atoms with Crippen molar-refractivity contribution in [2.75, 3.05) is 17.1 Å². The van der Waals surface area contributed by atoms with E-state index >= 15 is 0 Å². The normalized spacial score (nSPS) is 14.9. The van der Waals surface area contributed by atoms with Crippen molar-refractivity contribution in [1.29, 1.82) is 0 Å². The van der Waals surface area contributed by atoms with E-state index in [9.17, 15) is 18.0 Å². The molecule has 0 heterocycles. The van der Waals surface area contributed by atoms with Crippen LogP contribution in [0.1, 0.15) is 38.2 Å². The standard InChI is InChI=1S/C24H27Cl4N3O4S/c1-15(24(33)29-18-6-3-4-7-18)30(13-16-10-11-17(25)12-20(16)27)22(32)14-31(36(2,34)35)21-9-5-8-19(26)23(21)28/h5,8-12,15,18H,3-4,6-7,13-14H2,1-2H3,(H,29,33)/t15-/m1/s1. The van der Waals surface area contributed by atoms with Gasteiger partial charge in [-0.15, -0.1) is 0 Å². The minimum Gasteiger partial charge on any atom is -0.352 e. The lowest BCUT2D eigenvalue weighted by Gasteiger charge is -2.32. The van der Waals surface area contributed by atoms with Crippen molar-refractivity contribution < 1.29 is 18.0 Å². The molecule has 2 aromatic carbocycles. The topological polar surface area (TPSA) is 86.8 Å². The minimum absolute atomic E-state index is 0.00304. The molecule has 1 aliphatic rings. The molecular weight excluding hydrogens is 568 g/mol. The lowest BCUT2D eigenvalue weighted by molar-refractivity contribution is -0.139. The minimum atomic E-state index is -3.94. The monoisotopic (exact) mass is 593 g/mol. The summed E-state index contributed by atoms with van der Waals surface area (Å²) in [6.07, 6.45) is 4.79. The quantitative estimate of drug-likeness (QED) is 0.413. The van der Waals surface area contributed by atoms with Crippen LogP contribution in [-0.2, 0) is 26.2 Å². The first-order chi connectivity index (χ1) is 16.9. The zero-order chi connectivity index (χ0) is 26.6. The molecule has 0 saturated heterocycles. The van der Waals surface area contributed by atoms with Crippen LogP contribution in [0.3, 0.4) is 0 Å². The first-order valence-corrected chi connectivity index (χ1v) is 14.7. The van der Waals surface area contributed by atoms with Gasteiger partial charge in [0.25, 0.3) is 0 Å². The molecule has 0 spiro atoms. The van der Waals surface area contributed by atoms with Crippen LogP contribution < -0.4 is 9.62 Å². The van der Waals surface area contributed by atoms with Crippen molar-refractivity contribution in [1.82, 2.24) is 10.2 Å². The van der Waals surface area contributed by atoms with E-state index in [-0.39, 0.29) is 34.2 Å².